The van der Waals surface area contributed by atoms with Gasteiger partial charge in [0.15, 0.2) is 4.96 Å². The molecule has 0 amide bonds. The van der Waals surface area contributed by atoms with Crippen LogP contribution in [0, 0.1) is 6.92 Å². The van der Waals surface area contributed by atoms with Gasteiger partial charge >= 0.3 is 0 Å². The van der Waals surface area contributed by atoms with Crippen LogP contribution in [-0.2, 0) is 13.0 Å². The number of rotatable bonds is 5. The molecule has 0 aliphatic heterocycles. The fourth-order valence-electron chi connectivity index (χ4n) is 2.31. The third kappa shape index (κ3) is 3.24. The van der Waals surface area contributed by atoms with Gasteiger partial charge in [-0.15, -0.1) is 11.3 Å². The number of hydrogen-bond acceptors (Lipinski definition) is 3. The van der Waals surface area contributed by atoms with Crippen molar-refractivity contribution in [3.63, 3.8) is 0 Å². The van der Waals surface area contributed by atoms with Crippen LogP contribution >= 0.6 is 34.5 Å². The van der Waals surface area contributed by atoms with E-state index in [2.05, 4.69) is 26.3 Å². The lowest BCUT2D eigenvalue weighted by molar-refractivity contribution is 0.668. The first-order valence-corrected chi connectivity index (χ1v) is 8.34. The number of aryl methyl sites for hydroxylation is 1. The van der Waals surface area contributed by atoms with E-state index in [1.807, 2.05) is 19.1 Å². The molecule has 0 atom stereocenters. The van der Waals surface area contributed by atoms with E-state index in [1.54, 1.807) is 17.4 Å². The Bertz CT molecular complexity index is 763. The third-order valence-corrected chi connectivity index (χ3v) is 4.78. The predicted molar refractivity (Wildman–Crippen MR) is 89.7 cm³/mol. The molecule has 0 bridgehead atoms. The highest BCUT2D eigenvalue weighted by molar-refractivity contribution is 7.15. The first-order valence-electron chi connectivity index (χ1n) is 6.71. The minimum absolute atomic E-state index is 0.673. The Balaban J connectivity index is 1.59. The van der Waals surface area contributed by atoms with Crippen molar-refractivity contribution < 1.29 is 0 Å². The molecule has 0 unspecified atom stereocenters. The van der Waals surface area contributed by atoms with E-state index in [0.29, 0.717) is 5.02 Å². The molecule has 0 aliphatic rings. The summed E-state index contributed by atoms with van der Waals surface area (Å²) >= 11 is 13.7. The van der Waals surface area contributed by atoms with Crippen LogP contribution < -0.4 is 5.32 Å². The summed E-state index contributed by atoms with van der Waals surface area (Å²) in [4.78, 5) is 5.59. The third-order valence-electron chi connectivity index (χ3n) is 3.44. The Kier molecular flexibility index (Phi) is 4.50. The van der Waals surface area contributed by atoms with Crippen LogP contribution in [0.1, 0.15) is 17.0 Å². The van der Waals surface area contributed by atoms with E-state index in [4.69, 9.17) is 23.2 Å². The van der Waals surface area contributed by atoms with Gasteiger partial charge in [0.2, 0.25) is 0 Å². The molecule has 3 nitrogen and oxygen atoms in total. The summed E-state index contributed by atoms with van der Waals surface area (Å²) in [6.45, 7) is 3.71. The summed E-state index contributed by atoms with van der Waals surface area (Å²) < 4.78 is 2.14. The van der Waals surface area contributed by atoms with Crippen molar-refractivity contribution in [1.29, 1.82) is 0 Å². The Morgan fingerprint density at radius 1 is 1.33 bits per heavy atom. The van der Waals surface area contributed by atoms with Crippen molar-refractivity contribution in [3.05, 3.63) is 56.8 Å². The Hall–Kier alpha value is -1.07. The van der Waals surface area contributed by atoms with Crippen molar-refractivity contribution in [3.8, 4) is 0 Å². The smallest absolute Gasteiger partial charge is 0.194 e. The SMILES string of the molecule is Cc1nc2sccn2c1CNCCc1ccc(Cl)cc1Cl. The van der Waals surface area contributed by atoms with Crippen molar-refractivity contribution in [1.82, 2.24) is 14.7 Å². The second kappa shape index (κ2) is 6.36. The molecule has 3 rings (SSSR count). The number of nitrogens with one attached hydrogen (secondary N) is 1. The summed E-state index contributed by atoms with van der Waals surface area (Å²) in [6.07, 6.45) is 2.94. The summed E-state index contributed by atoms with van der Waals surface area (Å²) in [5.41, 5.74) is 3.41. The summed E-state index contributed by atoms with van der Waals surface area (Å²) in [5.74, 6) is 0. The molecule has 1 aromatic carbocycles. The Morgan fingerprint density at radius 2 is 2.19 bits per heavy atom. The molecule has 0 aliphatic carbocycles. The molecule has 0 saturated heterocycles. The first kappa shape index (κ1) is 14.9. The van der Waals surface area contributed by atoms with Crippen molar-refractivity contribution in [2.75, 3.05) is 6.54 Å². The van der Waals surface area contributed by atoms with E-state index >= 15 is 0 Å². The normalized spacial score (nSPS) is 11.4. The lowest BCUT2D eigenvalue weighted by Gasteiger charge is -2.07. The lowest BCUT2D eigenvalue weighted by atomic mass is 10.1. The lowest BCUT2D eigenvalue weighted by Crippen LogP contribution is -2.18. The van der Waals surface area contributed by atoms with Gasteiger partial charge in [-0.3, -0.25) is 4.40 Å². The average molecular weight is 340 g/mol. The van der Waals surface area contributed by atoms with E-state index in [1.165, 1.54) is 5.69 Å². The number of hydrogen-bond donors (Lipinski definition) is 1. The molecule has 110 valence electrons. The van der Waals surface area contributed by atoms with Crippen LogP contribution in [0.2, 0.25) is 10.0 Å². The van der Waals surface area contributed by atoms with Crippen LogP contribution in [0.5, 0.6) is 0 Å². The maximum Gasteiger partial charge on any atom is 0.194 e. The quantitative estimate of drug-likeness (QED) is 0.700. The monoisotopic (exact) mass is 339 g/mol. The van der Waals surface area contributed by atoms with Gasteiger partial charge in [-0.2, -0.15) is 0 Å². The Morgan fingerprint density at radius 3 is 3.00 bits per heavy atom. The van der Waals surface area contributed by atoms with Crippen LogP contribution in [0.3, 0.4) is 0 Å². The minimum Gasteiger partial charge on any atom is -0.311 e. The zero-order chi connectivity index (χ0) is 14.8. The molecule has 0 radical (unpaired) electrons. The van der Waals surface area contributed by atoms with Gasteiger partial charge in [0.05, 0.1) is 11.4 Å². The van der Waals surface area contributed by atoms with Gasteiger partial charge in [-0.05, 0) is 37.6 Å². The molecular formula is C15H15Cl2N3S. The zero-order valence-corrected chi connectivity index (χ0v) is 13.9. The van der Waals surface area contributed by atoms with Crippen molar-refractivity contribution >= 4 is 39.5 Å². The Labute approximate surface area is 137 Å². The van der Waals surface area contributed by atoms with E-state index in [-0.39, 0.29) is 0 Å². The summed E-state index contributed by atoms with van der Waals surface area (Å²) in [7, 11) is 0. The fraction of sp³-hybridized carbons (Fsp3) is 0.267. The zero-order valence-electron chi connectivity index (χ0n) is 11.6. The number of halogens is 2. The molecule has 2 aromatic heterocycles. The van der Waals surface area contributed by atoms with Crippen LogP contribution in [-0.4, -0.2) is 15.9 Å². The van der Waals surface area contributed by atoms with E-state index in [0.717, 1.165) is 40.8 Å². The highest BCUT2D eigenvalue weighted by Gasteiger charge is 2.09. The predicted octanol–water partition coefficient (Wildman–Crippen LogP) is 4.34. The summed E-state index contributed by atoms with van der Waals surface area (Å²) in [6, 6.07) is 5.64. The molecular weight excluding hydrogens is 325 g/mol. The number of nitrogens with zero attached hydrogens (tertiary/aromatic N) is 2. The van der Waals surface area contributed by atoms with E-state index < -0.39 is 0 Å². The summed E-state index contributed by atoms with van der Waals surface area (Å²) in [5, 5.41) is 6.91. The van der Waals surface area contributed by atoms with Gasteiger partial charge in [0.1, 0.15) is 0 Å². The van der Waals surface area contributed by atoms with Gasteiger partial charge < -0.3 is 5.32 Å². The number of aromatic nitrogens is 2. The topological polar surface area (TPSA) is 29.3 Å². The largest absolute Gasteiger partial charge is 0.311 e. The van der Waals surface area contributed by atoms with Crippen molar-refractivity contribution in [2.24, 2.45) is 0 Å². The standard InChI is InChI=1S/C15H15Cl2N3S/c1-10-14(20-6-7-21-15(20)19-10)9-18-5-4-11-2-3-12(16)8-13(11)17/h2-3,6-8,18H,4-5,9H2,1H3. The second-order valence-electron chi connectivity index (χ2n) is 4.86. The number of benzene rings is 1. The number of fused-ring (bicyclic) bond motifs is 1. The van der Waals surface area contributed by atoms with Crippen LogP contribution in [0.15, 0.2) is 29.8 Å². The van der Waals surface area contributed by atoms with Gasteiger partial charge in [-0.25, -0.2) is 4.98 Å². The maximum absolute atomic E-state index is 6.17. The molecule has 1 N–H and O–H groups in total. The van der Waals surface area contributed by atoms with Gasteiger partial charge in [-0.1, -0.05) is 29.3 Å². The first-order chi connectivity index (χ1) is 10.1. The highest BCUT2D eigenvalue weighted by Crippen LogP contribution is 2.21. The maximum atomic E-state index is 6.17. The molecule has 21 heavy (non-hydrogen) atoms. The molecule has 0 saturated carbocycles. The number of imidazole rings is 1. The average Bonchev–Trinajstić information content (AvgIpc) is 2.98. The number of thiazole rings is 1. The van der Waals surface area contributed by atoms with Crippen molar-refractivity contribution in [2.45, 2.75) is 19.9 Å². The molecule has 0 spiro atoms. The molecule has 3 aromatic rings. The second-order valence-corrected chi connectivity index (χ2v) is 6.58. The minimum atomic E-state index is 0.673. The van der Waals surface area contributed by atoms with E-state index in [9.17, 15) is 0 Å². The van der Waals surface area contributed by atoms with Crippen LogP contribution in [0.25, 0.3) is 4.96 Å². The molecule has 0 fully saturated rings. The molecule has 6 heteroatoms. The highest BCUT2D eigenvalue weighted by atomic mass is 35.5. The van der Waals surface area contributed by atoms with Gasteiger partial charge in [0.25, 0.3) is 0 Å². The van der Waals surface area contributed by atoms with Gasteiger partial charge in [0, 0.05) is 28.2 Å². The fourth-order valence-corrected chi connectivity index (χ4v) is 3.59. The van der Waals surface area contributed by atoms with Crippen LogP contribution in [0.4, 0.5) is 0 Å². The molecule has 2 heterocycles.